The number of carbonyl (C=O) groups excluding carboxylic acids is 1. The average Bonchev–Trinajstić information content (AvgIpc) is 3.06. The summed E-state index contributed by atoms with van der Waals surface area (Å²) in [5, 5.41) is 17.1. The van der Waals surface area contributed by atoms with Crippen molar-refractivity contribution in [3.05, 3.63) is 46.1 Å². The van der Waals surface area contributed by atoms with Gasteiger partial charge in [0, 0.05) is 44.4 Å². The molecular formula is C16H19N5O6S. The van der Waals surface area contributed by atoms with Crippen molar-refractivity contribution in [2.24, 2.45) is 0 Å². The third-order valence-corrected chi connectivity index (χ3v) is 6.15. The zero-order chi connectivity index (χ0) is 20.3. The maximum absolute atomic E-state index is 12.7. The summed E-state index contributed by atoms with van der Waals surface area (Å²) in [6, 6.07) is 6.57. The Balaban J connectivity index is 1.57. The molecule has 0 aliphatic carbocycles. The van der Waals surface area contributed by atoms with Crippen molar-refractivity contribution in [2.45, 2.75) is 11.8 Å². The van der Waals surface area contributed by atoms with Gasteiger partial charge in [-0.1, -0.05) is 11.2 Å². The maximum Gasteiger partial charge on any atom is 0.270 e. The van der Waals surface area contributed by atoms with Crippen LogP contribution >= 0.6 is 0 Å². The lowest BCUT2D eigenvalue weighted by Crippen LogP contribution is -2.50. The van der Waals surface area contributed by atoms with Gasteiger partial charge in [-0.2, -0.15) is 4.31 Å². The molecule has 0 saturated carbocycles. The van der Waals surface area contributed by atoms with Crippen LogP contribution in [-0.4, -0.2) is 66.3 Å². The van der Waals surface area contributed by atoms with Gasteiger partial charge in [-0.3, -0.25) is 25.1 Å². The molecule has 28 heavy (non-hydrogen) atoms. The van der Waals surface area contributed by atoms with Crippen LogP contribution in [0.3, 0.4) is 0 Å². The van der Waals surface area contributed by atoms with Gasteiger partial charge in [-0.15, -0.1) is 0 Å². The van der Waals surface area contributed by atoms with E-state index in [4.69, 9.17) is 4.52 Å². The lowest BCUT2D eigenvalue weighted by atomic mass is 10.3. The number of hydrogen-bond acceptors (Lipinski definition) is 8. The molecule has 0 bridgehead atoms. The van der Waals surface area contributed by atoms with Gasteiger partial charge in [0.1, 0.15) is 0 Å². The number of anilines is 1. The highest BCUT2D eigenvalue weighted by Gasteiger charge is 2.30. The molecule has 2 aromatic rings. The number of aryl methyl sites for hydroxylation is 1. The minimum absolute atomic E-state index is 0.0877. The van der Waals surface area contributed by atoms with Gasteiger partial charge in [-0.05, 0) is 13.0 Å². The number of amides is 1. The second-order valence-corrected chi connectivity index (χ2v) is 8.25. The van der Waals surface area contributed by atoms with Crippen molar-refractivity contribution in [3.8, 4) is 0 Å². The Hall–Kier alpha value is -2.83. The highest BCUT2D eigenvalue weighted by Crippen LogP contribution is 2.22. The molecule has 0 atom stereocenters. The number of carbonyl (C=O) groups is 1. The highest BCUT2D eigenvalue weighted by molar-refractivity contribution is 7.89. The normalized spacial score (nSPS) is 16.0. The monoisotopic (exact) mass is 409 g/mol. The zero-order valence-corrected chi connectivity index (χ0v) is 15.9. The summed E-state index contributed by atoms with van der Waals surface area (Å²) < 4.78 is 31.6. The van der Waals surface area contributed by atoms with Crippen LogP contribution in [0.4, 0.5) is 11.6 Å². The van der Waals surface area contributed by atoms with Gasteiger partial charge in [-0.25, -0.2) is 8.42 Å². The first-order chi connectivity index (χ1) is 13.3. The number of hydrogen-bond donors (Lipinski definition) is 1. The molecule has 3 rings (SSSR count). The fourth-order valence-electron chi connectivity index (χ4n) is 2.84. The van der Waals surface area contributed by atoms with Crippen LogP contribution in [0.25, 0.3) is 0 Å². The quantitative estimate of drug-likeness (QED) is 0.547. The summed E-state index contributed by atoms with van der Waals surface area (Å²) >= 11 is 0. The van der Waals surface area contributed by atoms with E-state index in [2.05, 4.69) is 10.5 Å². The van der Waals surface area contributed by atoms with Gasteiger partial charge in [0.25, 0.3) is 5.69 Å². The Kier molecular flexibility index (Phi) is 5.72. The number of sulfonamides is 1. The van der Waals surface area contributed by atoms with E-state index < -0.39 is 14.9 Å². The first-order valence-corrected chi connectivity index (χ1v) is 9.90. The highest BCUT2D eigenvalue weighted by atomic mass is 32.2. The number of non-ortho nitro benzene ring substituents is 1. The van der Waals surface area contributed by atoms with Gasteiger partial charge < -0.3 is 4.52 Å². The molecule has 0 unspecified atom stereocenters. The summed E-state index contributed by atoms with van der Waals surface area (Å²) in [4.78, 5) is 24.0. The Morgan fingerprint density at radius 2 is 2.00 bits per heavy atom. The van der Waals surface area contributed by atoms with Crippen LogP contribution in [0.5, 0.6) is 0 Å². The molecule has 12 heteroatoms. The lowest BCUT2D eigenvalue weighted by molar-refractivity contribution is -0.385. The molecule has 1 aromatic carbocycles. The summed E-state index contributed by atoms with van der Waals surface area (Å²) in [6.45, 7) is 2.90. The second-order valence-electron chi connectivity index (χ2n) is 6.32. The molecule has 1 N–H and O–H groups in total. The number of nitrogens with zero attached hydrogens (tertiary/aromatic N) is 4. The van der Waals surface area contributed by atoms with Crippen LogP contribution in [0.1, 0.15) is 5.69 Å². The van der Waals surface area contributed by atoms with Gasteiger partial charge >= 0.3 is 0 Å². The van der Waals surface area contributed by atoms with E-state index in [9.17, 15) is 23.3 Å². The summed E-state index contributed by atoms with van der Waals surface area (Å²) in [5.41, 5.74) is 0.370. The Labute approximate surface area is 161 Å². The molecule has 1 fully saturated rings. The topological polar surface area (TPSA) is 139 Å². The van der Waals surface area contributed by atoms with Crippen LogP contribution in [0.2, 0.25) is 0 Å². The number of aromatic nitrogens is 1. The average molecular weight is 409 g/mol. The van der Waals surface area contributed by atoms with E-state index in [0.717, 1.165) is 6.07 Å². The van der Waals surface area contributed by atoms with Gasteiger partial charge in [0.15, 0.2) is 0 Å². The molecule has 1 aliphatic heterocycles. The lowest BCUT2D eigenvalue weighted by Gasteiger charge is -2.33. The van der Waals surface area contributed by atoms with Gasteiger partial charge in [0.2, 0.25) is 21.8 Å². The van der Waals surface area contributed by atoms with Gasteiger partial charge in [0.05, 0.1) is 22.1 Å². The number of rotatable bonds is 6. The minimum atomic E-state index is -3.84. The third-order valence-electron chi connectivity index (χ3n) is 4.26. The number of nitrogens with one attached hydrogen (secondary N) is 1. The van der Waals surface area contributed by atoms with E-state index in [1.165, 1.54) is 22.5 Å². The molecule has 1 aromatic heterocycles. The second kappa shape index (κ2) is 8.04. The molecule has 1 amide bonds. The predicted molar refractivity (Wildman–Crippen MR) is 98.2 cm³/mol. The Morgan fingerprint density at radius 3 is 2.61 bits per heavy atom. The number of benzene rings is 1. The molecular weight excluding hydrogens is 390 g/mol. The van der Waals surface area contributed by atoms with Crippen molar-refractivity contribution in [3.63, 3.8) is 0 Å². The van der Waals surface area contributed by atoms with E-state index in [1.807, 2.05) is 4.90 Å². The van der Waals surface area contributed by atoms with Crippen molar-refractivity contribution in [1.29, 1.82) is 0 Å². The van der Waals surface area contributed by atoms with Crippen molar-refractivity contribution in [1.82, 2.24) is 14.4 Å². The molecule has 11 nitrogen and oxygen atoms in total. The Bertz CT molecular complexity index is 981. The third kappa shape index (κ3) is 4.52. The van der Waals surface area contributed by atoms with Crippen LogP contribution in [-0.2, 0) is 14.8 Å². The Morgan fingerprint density at radius 1 is 1.29 bits per heavy atom. The SMILES string of the molecule is Cc1cc(NC(=O)CN2CCN(S(=O)(=O)c3cccc([N+](=O)[O-])c3)CC2)on1. The van der Waals surface area contributed by atoms with E-state index >= 15 is 0 Å². The van der Waals surface area contributed by atoms with Crippen LogP contribution in [0.15, 0.2) is 39.8 Å². The molecule has 1 saturated heterocycles. The number of piperazine rings is 1. The number of nitro benzene ring substituents is 1. The standard InChI is InChI=1S/C16H19N5O6S/c1-12-9-16(27-18-12)17-15(22)11-19-5-7-20(8-6-19)28(25,26)14-4-2-3-13(10-14)21(23)24/h2-4,9-10H,5-8,11H2,1H3,(H,17,22). The molecule has 0 spiro atoms. The largest absolute Gasteiger partial charge is 0.338 e. The molecule has 2 heterocycles. The summed E-state index contributed by atoms with van der Waals surface area (Å²) in [5.74, 6) is -0.0273. The van der Waals surface area contributed by atoms with Crippen LogP contribution < -0.4 is 5.32 Å². The van der Waals surface area contributed by atoms with Crippen LogP contribution in [0, 0.1) is 17.0 Å². The minimum Gasteiger partial charge on any atom is -0.338 e. The maximum atomic E-state index is 12.7. The van der Waals surface area contributed by atoms with Crippen molar-refractivity contribution in [2.75, 3.05) is 38.0 Å². The van der Waals surface area contributed by atoms with Crippen molar-refractivity contribution < 1.29 is 22.7 Å². The first-order valence-electron chi connectivity index (χ1n) is 8.46. The summed E-state index contributed by atoms with van der Waals surface area (Å²) in [7, 11) is -3.84. The zero-order valence-electron chi connectivity index (χ0n) is 15.1. The number of nitro groups is 1. The first kappa shape index (κ1) is 19.9. The fraction of sp³-hybridized carbons (Fsp3) is 0.375. The molecule has 150 valence electrons. The fourth-order valence-corrected chi connectivity index (χ4v) is 4.30. The van der Waals surface area contributed by atoms with E-state index in [-0.39, 0.29) is 42.0 Å². The molecule has 1 aliphatic rings. The smallest absolute Gasteiger partial charge is 0.270 e. The van der Waals surface area contributed by atoms with E-state index in [1.54, 1.807) is 13.0 Å². The van der Waals surface area contributed by atoms with Crippen molar-refractivity contribution >= 4 is 27.5 Å². The predicted octanol–water partition coefficient (Wildman–Crippen LogP) is 0.836. The van der Waals surface area contributed by atoms with E-state index in [0.29, 0.717) is 18.8 Å². The summed E-state index contributed by atoms with van der Waals surface area (Å²) in [6.07, 6.45) is 0. The molecule has 0 radical (unpaired) electrons.